The SMILES string of the molecule is CCOC(=O)c1cc(I)c(Cl)cc1Cl. The molecule has 14 heavy (non-hydrogen) atoms. The highest BCUT2D eigenvalue weighted by molar-refractivity contribution is 14.1. The first-order valence-corrected chi connectivity index (χ1v) is 5.71. The zero-order chi connectivity index (χ0) is 10.7. The van der Waals surface area contributed by atoms with Gasteiger partial charge in [0.15, 0.2) is 0 Å². The van der Waals surface area contributed by atoms with E-state index in [2.05, 4.69) is 0 Å². The van der Waals surface area contributed by atoms with Gasteiger partial charge in [-0.2, -0.15) is 0 Å². The minimum absolute atomic E-state index is 0.314. The van der Waals surface area contributed by atoms with E-state index in [9.17, 15) is 4.79 Å². The quantitative estimate of drug-likeness (QED) is 0.463. The van der Waals surface area contributed by atoms with Gasteiger partial charge in [-0.15, -0.1) is 0 Å². The number of ether oxygens (including phenoxy) is 1. The van der Waals surface area contributed by atoms with E-state index in [-0.39, 0.29) is 0 Å². The summed E-state index contributed by atoms with van der Waals surface area (Å²) in [5.41, 5.74) is 0.349. The molecule has 0 radical (unpaired) electrons. The van der Waals surface area contributed by atoms with E-state index in [0.29, 0.717) is 22.2 Å². The van der Waals surface area contributed by atoms with Crippen LogP contribution in [0.4, 0.5) is 0 Å². The molecule has 5 heteroatoms. The number of hydrogen-bond acceptors (Lipinski definition) is 2. The molecule has 0 bridgehead atoms. The molecule has 0 fully saturated rings. The van der Waals surface area contributed by atoms with E-state index >= 15 is 0 Å². The third kappa shape index (κ3) is 2.74. The van der Waals surface area contributed by atoms with E-state index in [1.54, 1.807) is 13.0 Å². The molecular weight excluding hydrogens is 338 g/mol. The van der Waals surface area contributed by atoms with Crippen LogP contribution in [-0.2, 0) is 4.74 Å². The van der Waals surface area contributed by atoms with Crippen LogP contribution in [0.15, 0.2) is 12.1 Å². The van der Waals surface area contributed by atoms with Gasteiger partial charge < -0.3 is 4.74 Å². The van der Waals surface area contributed by atoms with Crippen LogP contribution in [0.1, 0.15) is 17.3 Å². The lowest BCUT2D eigenvalue weighted by atomic mass is 10.2. The number of benzene rings is 1. The molecule has 0 spiro atoms. The normalized spacial score (nSPS) is 10.0. The van der Waals surface area contributed by atoms with Gasteiger partial charge in [-0.3, -0.25) is 0 Å². The molecule has 0 aliphatic carbocycles. The van der Waals surface area contributed by atoms with Gasteiger partial charge in [0, 0.05) is 3.57 Å². The standard InChI is InChI=1S/C9H7Cl2IO2/c1-2-14-9(13)5-3-8(12)7(11)4-6(5)10/h3-4H,2H2,1H3. The van der Waals surface area contributed by atoms with Crippen LogP contribution in [-0.4, -0.2) is 12.6 Å². The third-order valence-electron chi connectivity index (χ3n) is 1.51. The zero-order valence-corrected chi connectivity index (χ0v) is 11.0. The Morgan fingerprint density at radius 2 is 2.07 bits per heavy atom. The van der Waals surface area contributed by atoms with Gasteiger partial charge in [0.2, 0.25) is 0 Å². The van der Waals surface area contributed by atoms with Crippen molar-refractivity contribution in [1.82, 2.24) is 0 Å². The molecule has 0 atom stereocenters. The van der Waals surface area contributed by atoms with Crippen molar-refractivity contribution in [3.63, 3.8) is 0 Å². The molecule has 0 N–H and O–H groups in total. The molecule has 2 nitrogen and oxygen atoms in total. The molecule has 0 saturated carbocycles. The van der Waals surface area contributed by atoms with E-state index in [4.69, 9.17) is 27.9 Å². The average molecular weight is 345 g/mol. The number of halogens is 3. The van der Waals surface area contributed by atoms with Crippen molar-refractivity contribution in [2.75, 3.05) is 6.61 Å². The van der Waals surface area contributed by atoms with Gasteiger partial charge in [-0.1, -0.05) is 23.2 Å². The molecule has 0 heterocycles. The second-order valence-electron chi connectivity index (χ2n) is 2.47. The van der Waals surface area contributed by atoms with E-state index in [1.807, 2.05) is 22.6 Å². The number of esters is 1. The lowest BCUT2D eigenvalue weighted by molar-refractivity contribution is 0.0526. The third-order valence-corrected chi connectivity index (χ3v) is 3.34. The monoisotopic (exact) mass is 344 g/mol. The summed E-state index contributed by atoms with van der Waals surface area (Å²) in [6.45, 7) is 2.07. The Kier molecular flexibility index (Phi) is 4.47. The molecule has 0 saturated heterocycles. The summed E-state index contributed by atoms with van der Waals surface area (Å²) in [6, 6.07) is 3.15. The minimum Gasteiger partial charge on any atom is -0.462 e. The largest absolute Gasteiger partial charge is 0.462 e. The summed E-state index contributed by atoms with van der Waals surface area (Å²) in [4.78, 5) is 11.4. The Labute approximate surface area is 106 Å². The van der Waals surface area contributed by atoms with Gasteiger partial charge >= 0.3 is 5.97 Å². The molecule has 0 aromatic heterocycles. The summed E-state index contributed by atoms with van der Waals surface area (Å²) in [6.07, 6.45) is 0. The van der Waals surface area contributed by atoms with Crippen molar-refractivity contribution in [1.29, 1.82) is 0 Å². The fourth-order valence-electron chi connectivity index (χ4n) is 0.888. The maximum Gasteiger partial charge on any atom is 0.339 e. The van der Waals surface area contributed by atoms with Crippen molar-refractivity contribution < 1.29 is 9.53 Å². The van der Waals surface area contributed by atoms with Crippen molar-refractivity contribution in [3.05, 3.63) is 31.3 Å². The molecule has 0 unspecified atom stereocenters. The molecule has 1 rings (SSSR count). The van der Waals surface area contributed by atoms with Gasteiger partial charge in [0.25, 0.3) is 0 Å². The van der Waals surface area contributed by atoms with Crippen LogP contribution in [0.3, 0.4) is 0 Å². The molecule has 0 amide bonds. The summed E-state index contributed by atoms with van der Waals surface area (Å²) in [5, 5.41) is 0.845. The average Bonchev–Trinajstić information content (AvgIpc) is 2.11. The number of hydrogen-bond donors (Lipinski definition) is 0. The number of carbonyl (C=O) groups excluding carboxylic acids is 1. The van der Waals surface area contributed by atoms with Gasteiger partial charge in [0.1, 0.15) is 0 Å². The van der Waals surface area contributed by atoms with Crippen LogP contribution in [0.5, 0.6) is 0 Å². The summed E-state index contributed by atoms with van der Waals surface area (Å²) < 4.78 is 5.61. The van der Waals surface area contributed by atoms with Crippen molar-refractivity contribution in [2.24, 2.45) is 0 Å². The van der Waals surface area contributed by atoms with Crippen molar-refractivity contribution in [2.45, 2.75) is 6.92 Å². The van der Waals surface area contributed by atoms with Crippen LogP contribution in [0, 0.1) is 3.57 Å². The molecular formula is C9H7Cl2IO2. The molecule has 0 aliphatic heterocycles. The summed E-state index contributed by atoms with van der Waals surface area (Å²) in [7, 11) is 0. The minimum atomic E-state index is -0.424. The van der Waals surface area contributed by atoms with Gasteiger partial charge in [0.05, 0.1) is 22.2 Å². The second kappa shape index (κ2) is 5.19. The predicted octanol–water partition coefficient (Wildman–Crippen LogP) is 3.77. The fraction of sp³-hybridized carbons (Fsp3) is 0.222. The highest BCUT2D eigenvalue weighted by Gasteiger charge is 2.13. The van der Waals surface area contributed by atoms with Crippen LogP contribution < -0.4 is 0 Å². The molecule has 1 aromatic rings. The highest BCUT2D eigenvalue weighted by Crippen LogP contribution is 2.26. The Balaban J connectivity index is 3.09. The predicted molar refractivity (Wildman–Crippen MR) is 65.1 cm³/mol. The van der Waals surface area contributed by atoms with Gasteiger partial charge in [-0.25, -0.2) is 4.79 Å². The first kappa shape index (κ1) is 12.1. The first-order chi connectivity index (χ1) is 6.56. The number of rotatable bonds is 2. The van der Waals surface area contributed by atoms with Gasteiger partial charge in [-0.05, 0) is 41.6 Å². The first-order valence-electron chi connectivity index (χ1n) is 3.88. The zero-order valence-electron chi connectivity index (χ0n) is 7.31. The van der Waals surface area contributed by atoms with Crippen molar-refractivity contribution in [3.8, 4) is 0 Å². The topological polar surface area (TPSA) is 26.3 Å². The van der Waals surface area contributed by atoms with Crippen LogP contribution >= 0.6 is 45.8 Å². The smallest absolute Gasteiger partial charge is 0.339 e. The van der Waals surface area contributed by atoms with E-state index in [1.165, 1.54) is 6.07 Å². The maximum atomic E-state index is 11.4. The Morgan fingerprint density at radius 3 is 2.64 bits per heavy atom. The Hall–Kier alpha value is -0.000000000000000111. The second-order valence-corrected chi connectivity index (χ2v) is 4.44. The van der Waals surface area contributed by atoms with Crippen molar-refractivity contribution >= 4 is 51.8 Å². The summed E-state index contributed by atoms with van der Waals surface area (Å²) >= 11 is 13.7. The highest BCUT2D eigenvalue weighted by atomic mass is 127. The number of carbonyl (C=O) groups is 1. The molecule has 76 valence electrons. The Bertz CT molecular complexity index is 366. The van der Waals surface area contributed by atoms with E-state index < -0.39 is 5.97 Å². The van der Waals surface area contributed by atoms with Crippen LogP contribution in [0.2, 0.25) is 10.0 Å². The molecule has 0 aliphatic rings. The Morgan fingerprint density at radius 1 is 1.43 bits per heavy atom. The maximum absolute atomic E-state index is 11.4. The lowest BCUT2D eigenvalue weighted by Crippen LogP contribution is -2.05. The van der Waals surface area contributed by atoms with E-state index in [0.717, 1.165) is 3.57 Å². The molecule has 1 aromatic carbocycles. The summed E-state index contributed by atoms with van der Waals surface area (Å²) in [5.74, 6) is -0.424. The lowest BCUT2D eigenvalue weighted by Gasteiger charge is -2.05. The van der Waals surface area contributed by atoms with Crippen LogP contribution in [0.25, 0.3) is 0 Å². The fourth-order valence-corrected chi connectivity index (χ4v) is 1.82.